The number of hydrogen-bond donors (Lipinski definition) is 3. The molecule has 106 valence electrons. The third kappa shape index (κ3) is 2.87. The molecule has 1 aliphatic rings. The number of carbonyl (C=O) groups excluding carboxylic acids is 1. The van der Waals surface area contributed by atoms with Crippen molar-refractivity contribution in [3.05, 3.63) is 17.8 Å². The Morgan fingerprint density at radius 3 is 3.10 bits per heavy atom. The third-order valence-corrected chi connectivity index (χ3v) is 3.71. The number of hydrogen-bond acceptors (Lipinski definition) is 8. The number of aromatic nitrogens is 3. The molecule has 1 fully saturated rings. The van der Waals surface area contributed by atoms with Gasteiger partial charge in [0.2, 0.25) is 5.89 Å². The summed E-state index contributed by atoms with van der Waals surface area (Å²) in [6, 6.07) is 0.285. The molecule has 0 atom stereocenters. The summed E-state index contributed by atoms with van der Waals surface area (Å²) in [7, 11) is 0. The summed E-state index contributed by atoms with van der Waals surface area (Å²) < 4.78 is 8.92. The summed E-state index contributed by atoms with van der Waals surface area (Å²) in [6.45, 7) is 0.563. The van der Waals surface area contributed by atoms with E-state index in [2.05, 4.69) is 25.1 Å². The van der Waals surface area contributed by atoms with E-state index in [4.69, 9.17) is 10.3 Å². The first-order valence-corrected chi connectivity index (χ1v) is 7.07. The van der Waals surface area contributed by atoms with E-state index in [1.807, 2.05) is 0 Å². The van der Waals surface area contributed by atoms with Gasteiger partial charge in [0.25, 0.3) is 5.91 Å². The van der Waals surface area contributed by atoms with E-state index < -0.39 is 0 Å². The Morgan fingerprint density at radius 2 is 2.40 bits per heavy atom. The summed E-state index contributed by atoms with van der Waals surface area (Å²) in [6.07, 6.45) is 3.99. The highest BCUT2D eigenvalue weighted by atomic mass is 32.1. The van der Waals surface area contributed by atoms with Crippen LogP contribution in [0.15, 0.2) is 10.9 Å². The van der Waals surface area contributed by atoms with Crippen molar-refractivity contribution < 1.29 is 9.32 Å². The van der Waals surface area contributed by atoms with Crippen molar-refractivity contribution in [3.63, 3.8) is 0 Å². The lowest BCUT2D eigenvalue weighted by Gasteiger charge is -2.06. The fourth-order valence-corrected chi connectivity index (χ4v) is 2.45. The lowest BCUT2D eigenvalue weighted by molar-refractivity contribution is 0.0953. The lowest BCUT2D eigenvalue weighted by Crippen LogP contribution is -2.26. The number of nitrogens with one attached hydrogen (secondary N) is 2. The van der Waals surface area contributed by atoms with E-state index in [0.29, 0.717) is 29.4 Å². The number of carbonyl (C=O) groups is 1. The average Bonchev–Trinajstić information content (AvgIpc) is 2.95. The van der Waals surface area contributed by atoms with Crippen LogP contribution in [0.25, 0.3) is 0 Å². The maximum absolute atomic E-state index is 12.1. The highest BCUT2D eigenvalue weighted by Crippen LogP contribution is 2.28. The number of nitrogen functional groups attached to an aromatic ring is 1. The molecule has 0 bridgehead atoms. The minimum Gasteiger partial charge on any atom is -0.382 e. The van der Waals surface area contributed by atoms with Crippen LogP contribution >= 0.6 is 11.5 Å². The Hall–Kier alpha value is -2.16. The molecule has 2 heterocycles. The van der Waals surface area contributed by atoms with Gasteiger partial charge in [-0.25, -0.2) is 0 Å². The number of nitrogens with zero attached hydrogens (tertiary/aromatic N) is 3. The first-order chi connectivity index (χ1) is 9.74. The molecule has 3 rings (SSSR count). The Balaban J connectivity index is 1.62. The Morgan fingerprint density at radius 1 is 1.55 bits per heavy atom. The standard InChI is InChI=1S/C11H14N6O2S/c12-9-8(10(18)16-6-1-2-6)11(20-17-9)13-4-3-7-14-5-15-19-7/h5-6,13H,1-4H2,(H2,12,17)(H,16,18). The van der Waals surface area contributed by atoms with Gasteiger partial charge in [0.05, 0.1) is 0 Å². The van der Waals surface area contributed by atoms with Crippen LogP contribution < -0.4 is 16.4 Å². The van der Waals surface area contributed by atoms with Crippen molar-refractivity contribution in [3.8, 4) is 0 Å². The molecule has 0 aromatic carbocycles. The van der Waals surface area contributed by atoms with E-state index >= 15 is 0 Å². The monoisotopic (exact) mass is 294 g/mol. The third-order valence-electron chi connectivity index (χ3n) is 2.89. The van der Waals surface area contributed by atoms with Crippen molar-refractivity contribution in [2.75, 3.05) is 17.6 Å². The SMILES string of the molecule is Nc1nsc(NCCc2ncno2)c1C(=O)NC1CC1. The van der Waals surface area contributed by atoms with Crippen molar-refractivity contribution in [1.82, 2.24) is 19.8 Å². The van der Waals surface area contributed by atoms with Crippen LogP contribution in [0.4, 0.5) is 10.8 Å². The number of rotatable bonds is 6. The summed E-state index contributed by atoms with van der Waals surface area (Å²) >= 11 is 1.18. The van der Waals surface area contributed by atoms with Gasteiger partial charge in [-0.05, 0) is 24.4 Å². The van der Waals surface area contributed by atoms with E-state index in [9.17, 15) is 4.79 Å². The van der Waals surface area contributed by atoms with Crippen molar-refractivity contribution in [2.24, 2.45) is 0 Å². The molecule has 4 N–H and O–H groups in total. The Bertz CT molecular complexity index is 592. The first kappa shape index (κ1) is 12.9. The second kappa shape index (κ2) is 5.45. The Labute approximate surface area is 118 Å². The van der Waals surface area contributed by atoms with Gasteiger partial charge in [0.15, 0.2) is 12.1 Å². The van der Waals surface area contributed by atoms with Crippen LogP contribution in [-0.4, -0.2) is 33.0 Å². The van der Waals surface area contributed by atoms with Crippen molar-refractivity contribution in [1.29, 1.82) is 0 Å². The molecule has 2 aromatic rings. The topological polar surface area (TPSA) is 119 Å². The molecule has 1 saturated carbocycles. The largest absolute Gasteiger partial charge is 0.382 e. The van der Waals surface area contributed by atoms with Crippen molar-refractivity contribution in [2.45, 2.75) is 25.3 Å². The van der Waals surface area contributed by atoms with Crippen LogP contribution in [0.2, 0.25) is 0 Å². The molecular weight excluding hydrogens is 280 g/mol. The van der Waals surface area contributed by atoms with Crippen LogP contribution in [0.5, 0.6) is 0 Å². The maximum Gasteiger partial charge on any atom is 0.258 e. The van der Waals surface area contributed by atoms with E-state index in [1.165, 1.54) is 17.9 Å². The van der Waals surface area contributed by atoms with E-state index in [0.717, 1.165) is 12.8 Å². The summed E-state index contributed by atoms with van der Waals surface area (Å²) in [5, 5.41) is 10.2. The number of anilines is 2. The first-order valence-electron chi connectivity index (χ1n) is 6.29. The molecule has 20 heavy (non-hydrogen) atoms. The molecule has 0 saturated heterocycles. The fourth-order valence-electron chi connectivity index (χ4n) is 1.72. The van der Waals surface area contributed by atoms with Gasteiger partial charge in [-0.15, -0.1) is 0 Å². The van der Waals surface area contributed by atoms with Crippen LogP contribution in [0, 0.1) is 0 Å². The quantitative estimate of drug-likeness (QED) is 0.715. The minimum atomic E-state index is -0.168. The minimum absolute atomic E-state index is 0.168. The van der Waals surface area contributed by atoms with Gasteiger partial charge in [-0.2, -0.15) is 9.36 Å². The van der Waals surface area contributed by atoms with E-state index in [1.54, 1.807) is 0 Å². The highest BCUT2D eigenvalue weighted by Gasteiger charge is 2.27. The molecule has 8 nitrogen and oxygen atoms in total. The molecule has 0 aliphatic heterocycles. The van der Waals surface area contributed by atoms with Gasteiger partial charge in [-0.1, -0.05) is 5.16 Å². The number of amides is 1. The van der Waals surface area contributed by atoms with Gasteiger partial charge in [-0.3, -0.25) is 4.79 Å². The average molecular weight is 294 g/mol. The summed E-state index contributed by atoms with van der Waals surface area (Å²) in [5.74, 6) is 0.631. The second-order valence-electron chi connectivity index (χ2n) is 4.53. The zero-order chi connectivity index (χ0) is 13.9. The van der Waals surface area contributed by atoms with Gasteiger partial charge >= 0.3 is 0 Å². The molecule has 1 amide bonds. The van der Waals surface area contributed by atoms with Crippen LogP contribution in [-0.2, 0) is 6.42 Å². The molecular formula is C11H14N6O2S. The van der Waals surface area contributed by atoms with Crippen molar-refractivity contribution >= 4 is 28.3 Å². The molecule has 0 unspecified atom stereocenters. The summed E-state index contributed by atoms with van der Waals surface area (Å²) in [4.78, 5) is 16.0. The predicted molar refractivity (Wildman–Crippen MR) is 73.5 cm³/mol. The summed E-state index contributed by atoms with van der Waals surface area (Å²) in [5.41, 5.74) is 6.19. The smallest absolute Gasteiger partial charge is 0.258 e. The van der Waals surface area contributed by atoms with Crippen LogP contribution in [0.3, 0.4) is 0 Å². The van der Waals surface area contributed by atoms with E-state index in [-0.39, 0.29) is 17.8 Å². The van der Waals surface area contributed by atoms with Gasteiger partial charge in [0, 0.05) is 19.0 Å². The Kier molecular flexibility index (Phi) is 3.50. The fraction of sp³-hybridized carbons (Fsp3) is 0.455. The highest BCUT2D eigenvalue weighted by molar-refractivity contribution is 7.11. The lowest BCUT2D eigenvalue weighted by atomic mass is 10.3. The zero-order valence-corrected chi connectivity index (χ0v) is 11.4. The van der Waals surface area contributed by atoms with Crippen LogP contribution in [0.1, 0.15) is 29.1 Å². The molecule has 0 spiro atoms. The van der Waals surface area contributed by atoms with Gasteiger partial charge in [0.1, 0.15) is 10.6 Å². The maximum atomic E-state index is 12.1. The molecule has 0 radical (unpaired) electrons. The predicted octanol–water partition coefficient (Wildman–Crippen LogP) is 0.655. The number of nitrogens with two attached hydrogens (primary N) is 1. The van der Waals surface area contributed by atoms with Gasteiger partial charge < -0.3 is 20.9 Å². The second-order valence-corrected chi connectivity index (χ2v) is 5.30. The zero-order valence-electron chi connectivity index (χ0n) is 10.6. The molecule has 9 heteroatoms. The normalized spacial score (nSPS) is 14.2. The molecule has 1 aliphatic carbocycles. The molecule has 2 aromatic heterocycles.